The number of likely N-dealkylation sites (tertiary alicyclic amines) is 1. The first-order valence-electron chi connectivity index (χ1n) is 9.31. The van der Waals surface area contributed by atoms with Crippen molar-refractivity contribution in [3.05, 3.63) is 40.5 Å². The number of anilines is 1. The van der Waals surface area contributed by atoms with E-state index in [2.05, 4.69) is 10.6 Å². The van der Waals surface area contributed by atoms with Crippen LogP contribution in [-0.2, 0) is 9.59 Å². The molecule has 3 aliphatic carbocycles. The molecule has 2 fully saturated rings. The average molecular weight is 400 g/mol. The number of nitro groups is 1. The minimum atomic E-state index is -0.708. The van der Waals surface area contributed by atoms with Gasteiger partial charge in [0.15, 0.2) is 0 Å². The molecule has 10 heteroatoms. The second-order valence-corrected chi connectivity index (χ2v) is 7.38. The molecule has 2 N–H and O–H groups in total. The number of nitro benzene ring substituents is 1. The van der Waals surface area contributed by atoms with Crippen molar-refractivity contribution in [3.63, 3.8) is 0 Å². The van der Waals surface area contributed by atoms with Crippen LogP contribution in [0.2, 0.25) is 0 Å². The lowest BCUT2D eigenvalue weighted by Gasteiger charge is -2.38. The SMILES string of the molecule is COc1ccc([N+](=O)[O-])cc1NC(=O)NCN1C(=O)[C@H]2[C@H](C1=O)[C@H]1C=C[C@H]2CC1. The first-order chi connectivity index (χ1) is 13.9. The van der Waals surface area contributed by atoms with Crippen molar-refractivity contribution in [2.24, 2.45) is 23.7 Å². The number of nitrogens with one attached hydrogen (secondary N) is 2. The molecule has 0 radical (unpaired) electrons. The molecule has 1 aromatic carbocycles. The Balaban J connectivity index is 1.42. The number of amides is 4. The van der Waals surface area contributed by atoms with E-state index in [1.54, 1.807) is 0 Å². The summed E-state index contributed by atoms with van der Waals surface area (Å²) in [5.41, 5.74) is -0.104. The van der Waals surface area contributed by atoms with Gasteiger partial charge >= 0.3 is 6.03 Å². The molecular formula is C19H20N4O6. The Bertz CT molecular complexity index is 897. The number of hydrogen-bond donors (Lipinski definition) is 2. The number of carbonyl (C=O) groups is 3. The van der Waals surface area contributed by atoms with Crippen LogP contribution in [0.5, 0.6) is 5.75 Å². The molecule has 10 nitrogen and oxygen atoms in total. The zero-order chi connectivity index (χ0) is 20.7. The summed E-state index contributed by atoms with van der Waals surface area (Å²) in [4.78, 5) is 49.2. The number of carbonyl (C=O) groups excluding carboxylic acids is 3. The summed E-state index contributed by atoms with van der Waals surface area (Å²) >= 11 is 0. The fourth-order valence-corrected chi connectivity index (χ4v) is 4.52. The molecule has 0 spiro atoms. The van der Waals surface area contributed by atoms with Crippen LogP contribution >= 0.6 is 0 Å². The maximum absolute atomic E-state index is 12.7. The van der Waals surface area contributed by atoms with Gasteiger partial charge in [0.1, 0.15) is 12.4 Å². The molecule has 152 valence electrons. The standard InChI is InChI=1S/C19H20N4O6/c1-29-14-7-6-12(23(27)28)8-13(14)21-19(26)20-9-22-17(24)15-10-2-3-11(5-4-10)16(15)18(22)25/h2-3,6-8,10-11,15-16H,4-5,9H2,1H3,(H2,20,21,26)/t10-,11-,15+,16+/m0/s1. The summed E-state index contributed by atoms with van der Waals surface area (Å²) in [5.74, 6) is -0.794. The monoisotopic (exact) mass is 400 g/mol. The molecule has 1 heterocycles. The minimum Gasteiger partial charge on any atom is -0.495 e. The highest BCUT2D eigenvalue weighted by Crippen LogP contribution is 2.49. The Morgan fingerprint density at radius 1 is 1.21 bits per heavy atom. The van der Waals surface area contributed by atoms with Crippen LogP contribution in [0.4, 0.5) is 16.2 Å². The van der Waals surface area contributed by atoms with E-state index in [4.69, 9.17) is 4.74 Å². The lowest BCUT2D eigenvalue weighted by molar-refractivity contribution is -0.384. The van der Waals surface area contributed by atoms with Crippen molar-refractivity contribution in [2.75, 3.05) is 19.1 Å². The highest BCUT2D eigenvalue weighted by molar-refractivity contribution is 6.06. The Morgan fingerprint density at radius 2 is 1.83 bits per heavy atom. The second kappa shape index (κ2) is 7.19. The Hall–Kier alpha value is -3.43. The quantitative estimate of drug-likeness (QED) is 0.336. The van der Waals surface area contributed by atoms with Crippen LogP contribution in [0.15, 0.2) is 30.4 Å². The van der Waals surface area contributed by atoms with Gasteiger partial charge in [-0.05, 0) is 30.7 Å². The van der Waals surface area contributed by atoms with Gasteiger partial charge in [-0.25, -0.2) is 4.79 Å². The van der Waals surface area contributed by atoms with Crippen molar-refractivity contribution in [2.45, 2.75) is 12.8 Å². The summed E-state index contributed by atoms with van der Waals surface area (Å²) in [6, 6.07) is 3.09. The number of allylic oxidation sites excluding steroid dienone is 2. The highest BCUT2D eigenvalue weighted by atomic mass is 16.6. The van der Waals surface area contributed by atoms with Crippen LogP contribution in [0.3, 0.4) is 0 Å². The van der Waals surface area contributed by atoms with E-state index in [-0.39, 0.29) is 59.3 Å². The van der Waals surface area contributed by atoms with Crippen molar-refractivity contribution >= 4 is 29.2 Å². The number of fused-ring (bicyclic) bond motifs is 1. The van der Waals surface area contributed by atoms with Crippen LogP contribution in [0.1, 0.15) is 12.8 Å². The third-order valence-corrected chi connectivity index (χ3v) is 5.89. The van der Waals surface area contributed by atoms with Gasteiger partial charge in [0.2, 0.25) is 11.8 Å². The van der Waals surface area contributed by atoms with Gasteiger partial charge < -0.3 is 15.4 Å². The van der Waals surface area contributed by atoms with E-state index in [0.717, 1.165) is 17.7 Å². The lowest BCUT2D eigenvalue weighted by Crippen LogP contribution is -2.43. The molecular weight excluding hydrogens is 380 g/mol. The van der Waals surface area contributed by atoms with Gasteiger partial charge in [-0.2, -0.15) is 0 Å². The number of ether oxygens (including phenoxy) is 1. The van der Waals surface area contributed by atoms with Gasteiger partial charge in [0.25, 0.3) is 5.69 Å². The minimum absolute atomic E-state index is 0.0782. The first-order valence-corrected chi connectivity index (χ1v) is 9.31. The van der Waals surface area contributed by atoms with Crippen molar-refractivity contribution in [1.29, 1.82) is 0 Å². The maximum atomic E-state index is 12.7. The summed E-state index contributed by atoms with van der Waals surface area (Å²) < 4.78 is 5.10. The average Bonchev–Trinajstić information content (AvgIpc) is 2.99. The first kappa shape index (κ1) is 18.9. The molecule has 0 unspecified atom stereocenters. The summed E-state index contributed by atoms with van der Waals surface area (Å²) in [6.07, 6.45) is 5.85. The molecule has 0 aromatic heterocycles. The number of methoxy groups -OCH3 is 1. The topological polar surface area (TPSA) is 131 Å². The molecule has 29 heavy (non-hydrogen) atoms. The third kappa shape index (κ3) is 3.20. The zero-order valence-corrected chi connectivity index (χ0v) is 15.7. The smallest absolute Gasteiger partial charge is 0.320 e. The molecule has 1 saturated carbocycles. The number of urea groups is 1. The summed E-state index contributed by atoms with van der Waals surface area (Å²) in [5, 5.41) is 15.9. The number of hydrogen-bond acceptors (Lipinski definition) is 6. The normalized spacial score (nSPS) is 27.0. The number of rotatable bonds is 5. The van der Waals surface area contributed by atoms with Gasteiger partial charge in [0, 0.05) is 12.1 Å². The Labute approximate surface area is 166 Å². The van der Waals surface area contributed by atoms with Crippen LogP contribution < -0.4 is 15.4 Å². The number of non-ortho nitro benzene ring substituents is 1. The molecule has 4 atom stereocenters. The highest BCUT2D eigenvalue weighted by Gasteiger charge is 2.56. The molecule has 1 aliphatic heterocycles. The van der Waals surface area contributed by atoms with E-state index in [1.807, 2.05) is 12.2 Å². The second-order valence-electron chi connectivity index (χ2n) is 7.38. The van der Waals surface area contributed by atoms with E-state index in [0.29, 0.717) is 0 Å². The third-order valence-electron chi connectivity index (χ3n) is 5.89. The fraction of sp³-hybridized carbons (Fsp3) is 0.421. The predicted molar refractivity (Wildman–Crippen MR) is 101 cm³/mol. The van der Waals surface area contributed by atoms with Gasteiger partial charge in [0.05, 0.1) is 29.6 Å². The van der Waals surface area contributed by atoms with Crippen LogP contribution in [-0.4, -0.2) is 41.4 Å². The summed E-state index contributed by atoms with van der Waals surface area (Å²) in [7, 11) is 1.37. The fourth-order valence-electron chi connectivity index (χ4n) is 4.52. The van der Waals surface area contributed by atoms with E-state index >= 15 is 0 Å². The molecule has 1 aromatic rings. The van der Waals surface area contributed by atoms with Crippen LogP contribution in [0.25, 0.3) is 0 Å². The number of imide groups is 1. The van der Waals surface area contributed by atoms with Crippen molar-refractivity contribution < 1.29 is 24.0 Å². The molecule has 1 saturated heterocycles. The Morgan fingerprint density at radius 3 is 2.34 bits per heavy atom. The van der Waals surface area contributed by atoms with Crippen molar-refractivity contribution in [1.82, 2.24) is 10.2 Å². The number of benzene rings is 1. The zero-order valence-electron chi connectivity index (χ0n) is 15.7. The van der Waals surface area contributed by atoms with Gasteiger partial charge in [-0.3, -0.25) is 24.6 Å². The number of nitrogens with zero attached hydrogens (tertiary/aromatic N) is 2. The maximum Gasteiger partial charge on any atom is 0.320 e. The molecule has 4 aliphatic rings. The van der Waals surface area contributed by atoms with Crippen LogP contribution in [0, 0.1) is 33.8 Å². The van der Waals surface area contributed by atoms with E-state index in [9.17, 15) is 24.5 Å². The van der Waals surface area contributed by atoms with E-state index in [1.165, 1.54) is 25.3 Å². The largest absolute Gasteiger partial charge is 0.495 e. The van der Waals surface area contributed by atoms with Gasteiger partial charge in [-0.1, -0.05) is 12.2 Å². The van der Waals surface area contributed by atoms with Crippen molar-refractivity contribution in [3.8, 4) is 5.75 Å². The van der Waals surface area contributed by atoms with E-state index < -0.39 is 11.0 Å². The molecule has 2 bridgehead atoms. The summed E-state index contributed by atoms with van der Waals surface area (Å²) in [6.45, 7) is -0.257. The lowest BCUT2D eigenvalue weighted by atomic mass is 9.63. The van der Waals surface area contributed by atoms with Gasteiger partial charge in [-0.15, -0.1) is 0 Å². The molecule has 4 amide bonds. The Kier molecular flexibility index (Phi) is 4.69. The molecule has 5 rings (SSSR count). The predicted octanol–water partition coefficient (Wildman–Crippen LogP) is 1.88.